The van der Waals surface area contributed by atoms with Crippen molar-refractivity contribution in [3.05, 3.63) is 0 Å². The molecule has 1 unspecified atom stereocenters. The molecule has 1 atom stereocenters. The molecule has 0 aromatic heterocycles. The minimum atomic E-state index is -3.08. The lowest BCUT2D eigenvalue weighted by molar-refractivity contribution is -0.121. The minimum Gasteiger partial charge on any atom is -0.369 e. The summed E-state index contributed by atoms with van der Waals surface area (Å²) in [5.74, 6) is -1.22. The van der Waals surface area contributed by atoms with E-state index in [4.69, 9.17) is 5.73 Å². The first-order chi connectivity index (χ1) is 4.87. The number of hydrogen-bond donors (Lipinski definition) is 1. The Morgan fingerprint density at radius 1 is 1.55 bits per heavy atom. The van der Waals surface area contributed by atoms with Crippen molar-refractivity contribution < 1.29 is 13.2 Å². The van der Waals surface area contributed by atoms with Crippen LogP contribution in [0.1, 0.15) is 13.3 Å². The van der Waals surface area contributed by atoms with Crippen LogP contribution < -0.4 is 5.73 Å². The van der Waals surface area contributed by atoms with E-state index in [9.17, 15) is 13.2 Å². The number of primary amides is 1. The number of nitrogens with two attached hydrogens (primary N) is 1. The average Bonchev–Trinajstić information content (AvgIpc) is 1.80. The van der Waals surface area contributed by atoms with Crippen LogP contribution in [0.4, 0.5) is 0 Å². The molecule has 0 aromatic rings. The van der Waals surface area contributed by atoms with Crippen molar-refractivity contribution in [3.8, 4) is 0 Å². The molecule has 0 bridgehead atoms. The molecule has 0 spiro atoms. The number of hydrogen-bond acceptors (Lipinski definition) is 3. The molecular weight excluding hydrogens is 166 g/mol. The van der Waals surface area contributed by atoms with Crippen LogP contribution in [0.3, 0.4) is 0 Å². The SMILES string of the molecule is CCC(CS(C)(=O)=O)C(N)=O. The van der Waals surface area contributed by atoms with Crippen molar-refractivity contribution in [2.75, 3.05) is 12.0 Å². The van der Waals surface area contributed by atoms with Gasteiger partial charge < -0.3 is 5.73 Å². The largest absolute Gasteiger partial charge is 0.369 e. The molecule has 5 heteroatoms. The van der Waals surface area contributed by atoms with Crippen LogP contribution in [-0.2, 0) is 14.6 Å². The molecule has 0 aromatic carbocycles. The molecule has 0 saturated carbocycles. The van der Waals surface area contributed by atoms with Crippen molar-refractivity contribution in [2.45, 2.75) is 13.3 Å². The Hall–Kier alpha value is -0.580. The predicted molar refractivity (Wildman–Crippen MR) is 42.7 cm³/mol. The summed E-state index contributed by atoms with van der Waals surface area (Å²) in [6, 6.07) is 0. The molecule has 11 heavy (non-hydrogen) atoms. The zero-order chi connectivity index (χ0) is 9.07. The molecule has 0 aliphatic rings. The van der Waals surface area contributed by atoms with E-state index in [-0.39, 0.29) is 5.75 Å². The zero-order valence-corrected chi connectivity index (χ0v) is 7.52. The van der Waals surface area contributed by atoms with Gasteiger partial charge in [0.2, 0.25) is 5.91 Å². The number of carbonyl (C=O) groups is 1. The van der Waals surface area contributed by atoms with Gasteiger partial charge in [-0.1, -0.05) is 6.92 Å². The molecule has 66 valence electrons. The number of rotatable bonds is 4. The second-order valence-corrected chi connectivity index (χ2v) is 4.78. The lowest BCUT2D eigenvalue weighted by Gasteiger charge is -2.07. The normalized spacial score (nSPS) is 14.4. The van der Waals surface area contributed by atoms with Gasteiger partial charge in [-0.15, -0.1) is 0 Å². The summed E-state index contributed by atoms with van der Waals surface area (Å²) in [5.41, 5.74) is 4.95. The third-order valence-corrected chi connectivity index (χ3v) is 2.41. The van der Waals surface area contributed by atoms with Crippen LogP contribution in [0, 0.1) is 5.92 Å². The van der Waals surface area contributed by atoms with Crippen molar-refractivity contribution in [1.82, 2.24) is 0 Å². The van der Waals surface area contributed by atoms with Gasteiger partial charge in [0.05, 0.1) is 11.7 Å². The molecule has 0 heterocycles. The van der Waals surface area contributed by atoms with E-state index in [0.717, 1.165) is 6.26 Å². The van der Waals surface area contributed by atoms with Crippen molar-refractivity contribution in [2.24, 2.45) is 11.7 Å². The van der Waals surface area contributed by atoms with E-state index in [1.165, 1.54) is 0 Å². The quantitative estimate of drug-likeness (QED) is 0.634. The highest BCUT2D eigenvalue weighted by molar-refractivity contribution is 7.90. The summed E-state index contributed by atoms with van der Waals surface area (Å²) in [4.78, 5) is 10.6. The van der Waals surface area contributed by atoms with E-state index in [1.807, 2.05) is 0 Å². The third kappa shape index (κ3) is 4.78. The van der Waals surface area contributed by atoms with E-state index in [0.29, 0.717) is 6.42 Å². The molecule has 0 radical (unpaired) electrons. The highest BCUT2D eigenvalue weighted by Crippen LogP contribution is 2.04. The zero-order valence-electron chi connectivity index (χ0n) is 6.70. The maximum absolute atomic E-state index is 10.7. The van der Waals surface area contributed by atoms with Crippen molar-refractivity contribution >= 4 is 15.7 Å². The monoisotopic (exact) mass is 179 g/mol. The van der Waals surface area contributed by atoms with Gasteiger partial charge in [-0.2, -0.15) is 0 Å². The lowest BCUT2D eigenvalue weighted by Crippen LogP contribution is -2.28. The van der Waals surface area contributed by atoms with Crippen LogP contribution in [-0.4, -0.2) is 26.3 Å². The van der Waals surface area contributed by atoms with Crippen molar-refractivity contribution in [1.29, 1.82) is 0 Å². The Labute approximate surface area is 66.7 Å². The van der Waals surface area contributed by atoms with Gasteiger partial charge in [0.25, 0.3) is 0 Å². The molecule has 0 fully saturated rings. The molecule has 0 rings (SSSR count). The summed E-state index contributed by atoms with van der Waals surface area (Å²) in [6.45, 7) is 1.74. The first-order valence-electron chi connectivity index (χ1n) is 3.34. The number of sulfone groups is 1. The lowest BCUT2D eigenvalue weighted by atomic mass is 10.1. The standard InChI is InChI=1S/C6H13NO3S/c1-3-5(6(7)8)4-11(2,9)10/h5H,3-4H2,1-2H3,(H2,7,8). The summed E-state index contributed by atoms with van der Waals surface area (Å²) in [7, 11) is -3.08. The third-order valence-electron chi connectivity index (χ3n) is 1.40. The molecular formula is C6H13NO3S. The second-order valence-electron chi connectivity index (χ2n) is 2.60. The van der Waals surface area contributed by atoms with Gasteiger partial charge in [0.15, 0.2) is 0 Å². The van der Waals surface area contributed by atoms with Gasteiger partial charge in [0, 0.05) is 6.26 Å². The fourth-order valence-electron chi connectivity index (χ4n) is 0.767. The summed E-state index contributed by atoms with van der Waals surface area (Å²) in [6.07, 6.45) is 1.57. The molecule has 1 amide bonds. The van der Waals surface area contributed by atoms with Gasteiger partial charge in [-0.05, 0) is 6.42 Å². The van der Waals surface area contributed by atoms with Crippen LogP contribution >= 0.6 is 0 Å². The first kappa shape index (κ1) is 10.4. The van der Waals surface area contributed by atoms with E-state index in [2.05, 4.69) is 0 Å². The second kappa shape index (κ2) is 3.71. The fraction of sp³-hybridized carbons (Fsp3) is 0.833. The van der Waals surface area contributed by atoms with Gasteiger partial charge >= 0.3 is 0 Å². The van der Waals surface area contributed by atoms with Crippen LogP contribution in [0.5, 0.6) is 0 Å². The maximum atomic E-state index is 10.7. The highest BCUT2D eigenvalue weighted by Gasteiger charge is 2.18. The first-order valence-corrected chi connectivity index (χ1v) is 5.40. The Bertz CT molecular complexity index is 232. The van der Waals surface area contributed by atoms with Crippen LogP contribution in [0.25, 0.3) is 0 Å². The Kier molecular flexibility index (Phi) is 3.51. The van der Waals surface area contributed by atoms with Crippen LogP contribution in [0.2, 0.25) is 0 Å². The van der Waals surface area contributed by atoms with E-state index < -0.39 is 21.7 Å². The smallest absolute Gasteiger partial charge is 0.221 e. The van der Waals surface area contributed by atoms with Gasteiger partial charge in [0.1, 0.15) is 9.84 Å². The highest BCUT2D eigenvalue weighted by atomic mass is 32.2. The molecule has 2 N–H and O–H groups in total. The fourth-order valence-corrected chi connectivity index (χ4v) is 1.90. The average molecular weight is 179 g/mol. The Morgan fingerprint density at radius 2 is 2.00 bits per heavy atom. The van der Waals surface area contributed by atoms with E-state index >= 15 is 0 Å². The van der Waals surface area contributed by atoms with Crippen molar-refractivity contribution in [3.63, 3.8) is 0 Å². The van der Waals surface area contributed by atoms with Gasteiger partial charge in [-0.3, -0.25) is 4.79 Å². The summed E-state index contributed by atoms with van der Waals surface area (Å²) >= 11 is 0. The minimum absolute atomic E-state index is 0.140. The van der Waals surface area contributed by atoms with E-state index in [1.54, 1.807) is 6.92 Å². The number of carbonyl (C=O) groups excluding carboxylic acids is 1. The summed E-state index contributed by atoms with van der Waals surface area (Å²) in [5, 5.41) is 0. The van der Waals surface area contributed by atoms with Gasteiger partial charge in [-0.25, -0.2) is 8.42 Å². The molecule has 4 nitrogen and oxygen atoms in total. The number of amides is 1. The van der Waals surface area contributed by atoms with Crippen LogP contribution in [0.15, 0.2) is 0 Å². The Morgan fingerprint density at radius 3 is 2.09 bits per heavy atom. The maximum Gasteiger partial charge on any atom is 0.221 e. The molecule has 0 aliphatic carbocycles. The molecule has 0 aliphatic heterocycles. The summed E-state index contributed by atoms with van der Waals surface area (Å²) < 4.78 is 21.4. The Balaban J connectivity index is 4.22. The predicted octanol–water partition coefficient (Wildman–Crippen LogP) is -0.457. The topological polar surface area (TPSA) is 77.2 Å². The molecule has 0 saturated heterocycles.